The molecule has 1 rings (SSSR count). The standard InChI is InChI=1S/C23H42O2Si/c1-10-23(5,6)25-22(24-11-2)14-12-13-20-18(3)15-16-21(20)19(4)17-26(7,8)9/h10,12,14,18,20-22H,1,4,11,13,15-17H2,2-3,5-9H3/b14-12+/t18-,20+,21+,22?/m1/s1. The maximum Gasteiger partial charge on any atom is 0.177 e. The predicted octanol–water partition coefficient (Wildman–Crippen LogP) is 6.83. The Morgan fingerprint density at radius 2 is 1.92 bits per heavy atom. The average Bonchev–Trinajstić information content (AvgIpc) is 2.87. The van der Waals surface area contributed by atoms with Crippen LogP contribution in [0.15, 0.2) is 37.0 Å². The van der Waals surface area contributed by atoms with Crippen molar-refractivity contribution in [1.29, 1.82) is 0 Å². The zero-order chi connectivity index (χ0) is 20.0. The van der Waals surface area contributed by atoms with E-state index in [1.165, 1.54) is 24.5 Å². The van der Waals surface area contributed by atoms with E-state index in [9.17, 15) is 0 Å². The van der Waals surface area contributed by atoms with Crippen molar-refractivity contribution in [3.63, 3.8) is 0 Å². The lowest BCUT2D eigenvalue weighted by atomic mass is 9.84. The third-order valence-electron chi connectivity index (χ3n) is 5.41. The third-order valence-corrected chi connectivity index (χ3v) is 6.92. The molecule has 0 bridgehead atoms. The summed E-state index contributed by atoms with van der Waals surface area (Å²) in [6.07, 6.45) is 9.56. The van der Waals surface area contributed by atoms with Crippen molar-refractivity contribution in [2.24, 2.45) is 17.8 Å². The molecule has 1 saturated carbocycles. The minimum atomic E-state index is -1.10. The van der Waals surface area contributed by atoms with Crippen LogP contribution < -0.4 is 0 Å². The van der Waals surface area contributed by atoms with E-state index in [0.717, 1.165) is 12.3 Å². The summed E-state index contributed by atoms with van der Waals surface area (Å²) in [4.78, 5) is 0. The van der Waals surface area contributed by atoms with Crippen molar-refractivity contribution < 1.29 is 9.47 Å². The third kappa shape index (κ3) is 7.94. The number of hydrogen-bond acceptors (Lipinski definition) is 2. The van der Waals surface area contributed by atoms with Crippen LogP contribution in [0, 0.1) is 17.8 Å². The van der Waals surface area contributed by atoms with E-state index in [0.29, 0.717) is 18.4 Å². The number of ether oxygens (including phenoxy) is 2. The molecule has 26 heavy (non-hydrogen) atoms. The van der Waals surface area contributed by atoms with Crippen LogP contribution >= 0.6 is 0 Å². The topological polar surface area (TPSA) is 18.5 Å². The molecule has 1 aliphatic carbocycles. The second kappa shape index (κ2) is 10.1. The van der Waals surface area contributed by atoms with Gasteiger partial charge in [0.2, 0.25) is 0 Å². The van der Waals surface area contributed by atoms with Gasteiger partial charge in [0.1, 0.15) is 0 Å². The molecule has 0 N–H and O–H groups in total. The normalized spacial score (nSPS) is 25.6. The van der Waals surface area contributed by atoms with Gasteiger partial charge in [0.25, 0.3) is 0 Å². The highest BCUT2D eigenvalue weighted by atomic mass is 28.3. The lowest BCUT2D eigenvalue weighted by Crippen LogP contribution is -2.29. The monoisotopic (exact) mass is 378 g/mol. The lowest BCUT2D eigenvalue weighted by molar-refractivity contribution is -0.156. The van der Waals surface area contributed by atoms with Crippen molar-refractivity contribution >= 4 is 8.07 Å². The Labute approximate surface area is 163 Å². The molecule has 0 radical (unpaired) electrons. The molecule has 4 atom stereocenters. The maximum atomic E-state index is 6.02. The fourth-order valence-electron chi connectivity index (χ4n) is 3.97. The van der Waals surface area contributed by atoms with Gasteiger partial charge in [0.05, 0.1) is 5.60 Å². The zero-order valence-electron chi connectivity index (χ0n) is 18.3. The van der Waals surface area contributed by atoms with Crippen LogP contribution in [-0.4, -0.2) is 26.6 Å². The van der Waals surface area contributed by atoms with Gasteiger partial charge < -0.3 is 9.47 Å². The first-order valence-electron chi connectivity index (χ1n) is 10.3. The Morgan fingerprint density at radius 1 is 1.27 bits per heavy atom. The van der Waals surface area contributed by atoms with Crippen LogP contribution in [0.4, 0.5) is 0 Å². The molecule has 0 amide bonds. The van der Waals surface area contributed by atoms with Crippen LogP contribution in [0.5, 0.6) is 0 Å². The fraction of sp³-hybridized carbons (Fsp3) is 0.739. The molecule has 0 saturated heterocycles. The Bertz CT molecular complexity index is 487. The van der Waals surface area contributed by atoms with Gasteiger partial charge in [-0.25, -0.2) is 0 Å². The second-order valence-electron chi connectivity index (χ2n) is 9.63. The summed E-state index contributed by atoms with van der Waals surface area (Å²) in [5.74, 6) is 2.14. The molecule has 1 fully saturated rings. The van der Waals surface area contributed by atoms with Gasteiger partial charge in [-0.05, 0) is 69.9 Å². The van der Waals surface area contributed by atoms with Crippen LogP contribution in [0.2, 0.25) is 25.7 Å². The molecular formula is C23H42O2Si. The Morgan fingerprint density at radius 3 is 2.46 bits per heavy atom. The minimum Gasteiger partial charge on any atom is -0.349 e. The summed E-state index contributed by atoms with van der Waals surface area (Å²) in [6.45, 7) is 24.7. The zero-order valence-corrected chi connectivity index (χ0v) is 19.3. The van der Waals surface area contributed by atoms with E-state index in [-0.39, 0.29) is 11.9 Å². The molecule has 0 aromatic carbocycles. The average molecular weight is 379 g/mol. The van der Waals surface area contributed by atoms with Crippen molar-refractivity contribution in [2.75, 3.05) is 6.61 Å². The molecule has 0 heterocycles. The van der Waals surface area contributed by atoms with E-state index in [4.69, 9.17) is 9.47 Å². The molecule has 0 aromatic heterocycles. The summed E-state index contributed by atoms with van der Waals surface area (Å²) in [5, 5.41) is 0. The summed E-state index contributed by atoms with van der Waals surface area (Å²) in [6, 6.07) is 1.25. The second-order valence-corrected chi connectivity index (χ2v) is 15.1. The van der Waals surface area contributed by atoms with Gasteiger partial charge in [0.15, 0.2) is 6.29 Å². The van der Waals surface area contributed by atoms with Gasteiger partial charge in [-0.2, -0.15) is 0 Å². The van der Waals surface area contributed by atoms with Crippen molar-refractivity contribution in [3.8, 4) is 0 Å². The molecule has 0 spiro atoms. The SMILES string of the molecule is C=CC(C)(C)OC(/C=C/C[C@H]1[C@H](C)CC[C@H]1C(=C)C[Si](C)(C)C)OCC. The van der Waals surface area contributed by atoms with Crippen molar-refractivity contribution in [1.82, 2.24) is 0 Å². The number of rotatable bonds is 11. The first kappa shape index (κ1) is 23.4. The molecule has 3 heteroatoms. The molecular weight excluding hydrogens is 336 g/mol. The van der Waals surface area contributed by atoms with E-state index in [2.05, 4.69) is 51.9 Å². The van der Waals surface area contributed by atoms with E-state index in [1.807, 2.05) is 26.8 Å². The maximum absolute atomic E-state index is 6.02. The van der Waals surface area contributed by atoms with Gasteiger partial charge in [0, 0.05) is 14.7 Å². The van der Waals surface area contributed by atoms with Gasteiger partial charge in [-0.3, -0.25) is 0 Å². The van der Waals surface area contributed by atoms with Crippen molar-refractivity contribution in [2.45, 2.75) is 84.5 Å². The first-order valence-corrected chi connectivity index (χ1v) is 14.0. The fourth-order valence-corrected chi connectivity index (χ4v) is 5.59. The highest BCUT2D eigenvalue weighted by Gasteiger charge is 2.35. The number of allylic oxidation sites excluding steroid dienone is 2. The quantitative estimate of drug-likeness (QED) is 0.223. The highest BCUT2D eigenvalue weighted by Crippen LogP contribution is 2.44. The Balaban J connectivity index is 2.72. The van der Waals surface area contributed by atoms with Gasteiger partial charge in [-0.15, -0.1) is 6.58 Å². The predicted molar refractivity (Wildman–Crippen MR) is 117 cm³/mol. The Hall–Kier alpha value is -0.643. The number of hydrogen-bond donors (Lipinski definition) is 0. The molecule has 1 unspecified atom stereocenters. The van der Waals surface area contributed by atoms with Gasteiger partial charge >= 0.3 is 0 Å². The van der Waals surface area contributed by atoms with Crippen LogP contribution in [0.3, 0.4) is 0 Å². The summed E-state index contributed by atoms with van der Waals surface area (Å²) < 4.78 is 11.8. The minimum absolute atomic E-state index is 0.312. The summed E-state index contributed by atoms with van der Waals surface area (Å²) in [7, 11) is -1.10. The van der Waals surface area contributed by atoms with E-state index in [1.54, 1.807) is 0 Å². The summed E-state index contributed by atoms with van der Waals surface area (Å²) in [5.41, 5.74) is 1.11. The molecule has 0 aliphatic heterocycles. The summed E-state index contributed by atoms with van der Waals surface area (Å²) >= 11 is 0. The van der Waals surface area contributed by atoms with Crippen LogP contribution in [0.1, 0.15) is 47.0 Å². The molecule has 1 aliphatic rings. The molecule has 2 nitrogen and oxygen atoms in total. The van der Waals surface area contributed by atoms with Gasteiger partial charge in [-0.1, -0.05) is 50.9 Å². The van der Waals surface area contributed by atoms with E-state index >= 15 is 0 Å². The smallest absolute Gasteiger partial charge is 0.177 e. The van der Waals surface area contributed by atoms with Crippen LogP contribution in [0.25, 0.3) is 0 Å². The first-order chi connectivity index (χ1) is 12.0. The largest absolute Gasteiger partial charge is 0.349 e. The highest BCUT2D eigenvalue weighted by molar-refractivity contribution is 6.76. The lowest BCUT2D eigenvalue weighted by Gasteiger charge is -2.28. The molecule has 0 aromatic rings. The Kier molecular flexibility index (Phi) is 9.05. The van der Waals surface area contributed by atoms with E-state index < -0.39 is 8.07 Å². The van der Waals surface area contributed by atoms with Crippen molar-refractivity contribution in [3.05, 3.63) is 37.0 Å². The molecule has 150 valence electrons. The van der Waals surface area contributed by atoms with Crippen LogP contribution in [-0.2, 0) is 9.47 Å².